The first-order chi connectivity index (χ1) is 6.52. The average Bonchev–Trinajstić information content (AvgIpc) is 2.13. The maximum Gasteiger partial charge on any atom is 0.327 e. The molecule has 6 nitrogen and oxygen atoms in total. The number of thiol groups is 1. The molecular weight excluding hydrogens is 206 g/mol. The van der Waals surface area contributed by atoms with E-state index in [0.29, 0.717) is 6.42 Å². The molecule has 82 valence electrons. The molecule has 6 N–H and O–H groups in total. The van der Waals surface area contributed by atoms with E-state index in [1.54, 1.807) is 0 Å². The molecule has 0 heterocycles. The lowest BCUT2D eigenvalue weighted by Gasteiger charge is -2.15. The van der Waals surface area contributed by atoms with Gasteiger partial charge in [-0.15, -0.1) is 0 Å². The minimum Gasteiger partial charge on any atom is -0.480 e. The number of carboxylic acids is 1. The summed E-state index contributed by atoms with van der Waals surface area (Å²) >= 11 is 3.79. The number of nitrogens with one attached hydrogen (secondary N) is 1. The van der Waals surface area contributed by atoms with Gasteiger partial charge in [0.25, 0.3) is 0 Å². The Hall–Kier alpha value is -0.790. The first kappa shape index (κ1) is 13.2. The summed E-state index contributed by atoms with van der Waals surface area (Å²) < 4.78 is 0. The first-order valence-corrected chi connectivity index (χ1v) is 4.75. The van der Waals surface area contributed by atoms with Gasteiger partial charge in [0.15, 0.2) is 0 Å². The van der Waals surface area contributed by atoms with Crippen LogP contribution < -0.4 is 16.8 Å². The highest BCUT2D eigenvalue weighted by Gasteiger charge is 2.21. The van der Waals surface area contributed by atoms with E-state index in [1.165, 1.54) is 0 Å². The van der Waals surface area contributed by atoms with E-state index in [4.69, 9.17) is 16.6 Å². The number of nitrogens with two attached hydrogens (primary N) is 2. The molecule has 0 radical (unpaired) electrons. The van der Waals surface area contributed by atoms with Crippen LogP contribution >= 0.6 is 12.6 Å². The number of carboxylic acid groups (broad SMARTS) is 1. The third-order valence-electron chi connectivity index (χ3n) is 1.61. The molecule has 1 amide bonds. The Bertz CT molecular complexity index is 212. The van der Waals surface area contributed by atoms with Crippen molar-refractivity contribution in [3.05, 3.63) is 0 Å². The van der Waals surface area contributed by atoms with Gasteiger partial charge in [-0.2, -0.15) is 12.6 Å². The normalized spacial score (nSPS) is 14.5. The van der Waals surface area contributed by atoms with Crippen LogP contribution in [-0.4, -0.2) is 41.4 Å². The number of rotatable bonds is 6. The zero-order valence-corrected chi connectivity index (χ0v) is 8.54. The van der Waals surface area contributed by atoms with Gasteiger partial charge in [-0.05, 0) is 13.0 Å². The van der Waals surface area contributed by atoms with Crippen LogP contribution in [0.3, 0.4) is 0 Å². The third-order valence-corrected chi connectivity index (χ3v) is 1.98. The van der Waals surface area contributed by atoms with E-state index in [0.717, 1.165) is 0 Å². The van der Waals surface area contributed by atoms with Crippen molar-refractivity contribution in [1.82, 2.24) is 5.32 Å². The molecule has 0 spiro atoms. The average molecular weight is 221 g/mol. The predicted molar refractivity (Wildman–Crippen MR) is 55.1 cm³/mol. The summed E-state index contributed by atoms with van der Waals surface area (Å²) in [4.78, 5) is 21.7. The second kappa shape index (κ2) is 6.63. The summed E-state index contributed by atoms with van der Waals surface area (Å²) in [5.74, 6) is -1.62. The summed E-state index contributed by atoms with van der Waals surface area (Å²) in [6.45, 7) is 0.285. The summed E-state index contributed by atoms with van der Waals surface area (Å²) in [5, 5.41) is 10.9. The fourth-order valence-corrected chi connectivity index (χ4v) is 1.02. The summed E-state index contributed by atoms with van der Waals surface area (Å²) in [6, 6.07) is -1.77. The Morgan fingerprint density at radius 1 is 1.50 bits per heavy atom. The third kappa shape index (κ3) is 4.45. The smallest absolute Gasteiger partial charge is 0.327 e. The first-order valence-electron chi connectivity index (χ1n) is 4.12. The Kier molecular flexibility index (Phi) is 6.26. The molecule has 0 unspecified atom stereocenters. The largest absolute Gasteiger partial charge is 0.480 e. The van der Waals surface area contributed by atoms with Crippen molar-refractivity contribution < 1.29 is 14.7 Å². The monoisotopic (exact) mass is 221 g/mol. The molecule has 0 aromatic heterocycles. The van der Waals surface area contributed by atoms with Crippen molar-refractivity contribution in [3.8, 4) is 0 Å². The van der Waals surface area contributed by atoms with Gasteiger partial charge in [-0.25, -0.2) is 4.79 Å². The number of carbonyl (C=O) groups is 2. The Balaban J connectivity index is 4.08. The standard InChI is InChI=1S/C7H15N3O3S/c8-2-1-4(9)6(11)10-5(3-14)7(12)13/h4-5,14H,1-3,8-9H2,(H,10,11)(H,12,13)/t4-,5-/m0/s1. The number of hydrogen-bond acceptors (Lipinski definition) is 5. The Morgan fingerprint density at radius 3 is 2.43 bits per heavy atom. The lowest BCUT2D eigenvalue weighted by molar-refractivity contribution is -0.141. The Labute approximate surface area is 87.4 Å². The van der Waals surface area contributed by atoms with Gasteiger partial charge >= 0.3 is 5.97 Å². The van der Waals surface area contributed by atoms with Crippen LogP contribution in [0.4, 0.5) is 0 Å². The molecule has 0 aliphatic carbocycles. The van der Waals surface area contributed by atoms with Crippen molar-refractivity contribution in [1.29, 1.82) is 0 Å². The Morgan fingerprint density at radius 2 is 2.07 bits per heavy atom. The van der Waals surface area contributed by atoms with Crippen LogP contribution in [-0.2, 0) is 9.59 Å². The van der Waals surface area contributed by atoms with Crippen LogP contribution in [0, 0.1) is 0 Å². The summed E-state index contributed by atoms with van der Waals surface area (Å²) in [7, 11) is 0. The van der Waals surface area contributed by atoms with Crippen molar-refractivity contribution in [2.45, 2.75) is 18.5 Å². The van der Waals surface area contributed by atoms with E-state index in [1.807, 2.05) is 0 Å². The molecule has 0 saturated heterocycles. The molecule has 0 fully saturated rings. The molecule has 0 bridgehead atoms. The fourth-order valence-electron chi connectivity index (χ4n) is 0.775. The molecule has 14 heavy (non-hydrogen) atoms. The van der Waals surface area contributed by atoms with Crippen LogP contribution in [0.2, 0.25) is 0 Å². The number of carbonyl (C=O) groups excluding carboxylic acids is 1. The number of aliphatic carboxylic acids is 1. The molecule has 0 rings (SSSR count). The van der Waals surface area contributed by atoms with Gasteiger partial charge in [0, 0.05) is 5.75 Å². The van der Waals surface area contributed by atoms with E-state index < -0.39 is 24.0 Å². The molecule has 2 atom stereocenters. The molecule has 0 aliphatic rings. The topological polar surface area (TPSA) is 118 Å². The predicted octanol–water partition coefficient (Wildman–Crippen LogP) is -1.84. The fraction of sp³-hybridized carbons (Fsp3) is 0.714. The van der Waals surface area contributed by atoms with E-state index >= 15 is 0 Å². The lowest BCUT2D eigenvalue weighted by atomic mass is 10.2. The van der Waals surface area contributed by atoms with Crippen molar-refractivity contribution in [2.24, 2.45) is 11.5 Å². The number of amides is 1. The van der Waals surface area contributed by atoms with E-state index in [9.17, 15) is 9.59 Å². The van der Waals surface area contributed by atoms with E-state index in [2.05, 4.69) is 17.9 Å². The van der Waals surface area contributed by atoms with Gasteiger partial charge in [0.1, 0.15) is 6.04 Å². The summed E-state index contributed by atoms with van der Waals surface area (Å²) in [5.41, 5.74) is 10.6. The van der Waals surface area contributed by atoms with E-state index in [-0.39, 0.29) is 12.3 Å². The molecule has 0 saturated carbocycles. The van der Waals surface area contributed by atoms with Gasteiger partial charge in [-0.1, -0.05) is 0 Å². The van der Waals surface area contributed by atoms with Gasteiger partial charge < -0.3 is 21.9 Å². The highest BCUT2D eigenvalue weighted by Crippen LogP contribution is 1.92. The van der Waals surface area contributed by atoms with Crippen molar-refractivity contribution in [3.63, 3.8) is 0 Å². The van der Waals surface area contributed by atoms with Crippen molar-refractivity contribution in [2.75, 3.05) is 12.3 Å². The van der Waals surface area contributed by atoms with Gasteiger partial charge in [0.05, 0.1) is 6.04 Å². The zero-order chi connectivity index (χ0) is 11.1. The molecular formula is C7H15N3O3S. The van der Waals surface area contributed by atoms with Crippen LogP contribution in [0.15, 0.2) is 0 Å². The maximum atomic E-state index is 11.2. The number of hydrogen-bond donors (Lipinski definition) is 5. The highest BCUT2D eigenvalue weighted by molar-refractivity contribution is 7.80. The minimum absolute atomic E-state index is 0.0242. The SMILES string of the molecule is NCC[C@H](N)C(=O)N[C@@H](CS)C(=O)O. The quantitative estimate of drug-likeness (QED) is 0.338. The summed E-state index contributed by atoms with van der Waals surface area (Å²) in [6.07, 6.45) is 0.324. The van der Waals surface area contributed by atoms with Crippen LogP contribution in [0.25, 0.3) is 0 Å². The van der Waals surface area contributed by atoms with Crippen LogP contribution in [0.1, 0.15) is 6.42 Å². The molecule has 0 aromatic carbocycles. The highest BCUT2D eigenvalue weighted by atomic mass is 32.1. The van der Waals surface area contributed by atoms with Gasteiger partial charge in [-0.3, -0.25) is 4.79 Å². The minimum atomic E-state index is -1.13. The molecule has 7 heteroatoms. The lowest BCUT2D eigenvalue weighted by Crippen LogP contribution is -2.49. The second-order valence-corrected chi connectivity index (χ2v) is 3.13. The maximum absolute atomic E-state index is 11.2. The van der Waals surface area contributed by atoms with Crippen molar-refractivity contribution >= 4 is 24.5 Å². The second-order valence-electron chi connectivity index (χ2n) is 2.77. The zero-order valence-electron chi connectivity index (χ0n) is 7.64. The van der Waals surface area contributed by atoms with Gasteiger partial charge in [0.2, 0.25) is 5.91 Å². The van der Waals surface area contributed by atoms with Crippen LogP contribution in [0.5, 0.6) is 0 Å². The molecule has 0 aliphatic heterocycles. The molecule has 0 aromatic rings.